The van der Waals surface area contributed by atoms with Gasteiger partial charge in [0.1, 0.15) is 5.15 Å². The van der Waals surface area contributed by atoms with E-state index in [2.05, 4.69) is 10.3 Å². The molecular weight excluding hydrogens is 264 g/mol. The minimum absolute atomic E-state index is 0.117. The second-order valence-corrected chi connectivity index (χ2v) is 4.26. The third kappa shape index (κ3) is 2.98. The van der Waals surface area contributed by atoms with Gasteiger partial charge in [-0.1, -0.05) is 23.7 Å². The van der Waals surface area contributed by atoms with Crippen LogP contribution in [-0.4, -0.2) is 16.7 Å². The number of ketones is 1. The lowest BCUT2D eigenvalue weighted by Gasteiger charge is -2.09. The highest BCUT2D eigenvalue weighted by molar-refractivity contribution is 6.33. The van der Waals surface area contributed by atoms with Gasteiger partial charge in [-0.3, -0.25) is 9.59 Å². The number of Topliss-reactive ketones (excluding diaryl/α,β-unsaturated/α-hetero) is 1. The normalized spacial score (nSPS) is 10.0. The van der Waals surface area contributed by atoms with Crippen LogP contribution >= 0.6 is 11.6 Å². The smallest absolute Gasteiger partial charge is 0.258 e. The molecule has 1 aromatic heterocycles. The Balaban J connectivity index is 2.30. The summed E-state index contributed by atoms with van der Waals surface area (Å²) in [6, 6.07) is 10.00. The fourth-order valence-corrected chi connectivity index (χ4v) is 1.85. The Morgan fingerprint density at radius 2 is 1.79 bits per heavy atom. The monoisotopic (exact) mass is 274 g/mol. The maximum Gasteiger partial charge on any atom is 0.258 e. The third-order valence-corrected chi connectivity index (χ3v) is 2.86. The first-order valence-electron chi connectivity index (χ1n) is 5.61. The van der Waals surface area contributed by atoms with Crippen molar-refractivity contribution in [3.05, 3.63) is 58.9 Å². The summed E-state index contributed by atoms with van der Waals surface area (Å²) in [4.78, 5) is 27.4. The van der Waals surface area contributed by atoms with Crippen molar-refractivity contribution < 1.29 is 9.59 Å². The van der Waals surface area contributed by atoms with E-state index in [-0.39, 0.29) is 16.5 Å². The highest BCUT2D eigenvalue weighted by Gasteiger charge is 2.13. The summed E-state index contributed by atoms with van der Waals surface area (Å²) in [5.41, 5.74) is 1.18. The molecule has 19 heavy (non-hydrogen) atoms. The van der Waals surface area contributed by atoms with Crippen LogP contribution in [0.3, 0.4) is 0 Å². The van der Waals surface area contributed by atoms with Crippen LogP contribution in [0.25, 0.3) is 0 Å². The number of para-hydroxylation sites is 1. The van der Waals surface area contributed by atoms with Crippen molar-refractivity contribution in [2.75, 3.05) is 5.32 Å². The van der Waals surface area contributed by atoms with Crippen LogP contribution in [-0.2, 0) is 0 Å². The van der Waals surface area contributed by atoms with Gasteiger partial charge in [0.05, 0.1) is 11.3 Å². The van der Waals surface area contributed by atoms with Crippen molar-refractivity contribution >= 4 is 29.0 Å². The first-order chi connectivity index (χ1) is 9.09. The molecule has 5 heteroatoms. The van der Waals surface area contributed by atoms with E-state index >= 15 is 0 Å². The number of nitrogens with one attached hydrogen (secondary N) is 1. The number of pyridine rings is 1. The van der Waals surface area contributed by atoms with Crippen molar-refractivity contribution in [3.63, 3.8) is 0 Å². The molecule has 1 amide bonds. The van der Waals surface area contributed by atoms with Gasteiger partial charge < -0.3 is 5.32 Å². The number of benzene rings is 1. The molecule has 0 spiro atoms. The highest BCUT2D eigenvalue weighted by Crippen LogP contribution is 2.18. The minimum atomic E-state index is -0.396. The summed E-state index contributed by atoms with van der Waals surface area (Å²) in [6.07, 6.45) is 1.50. The predicted molar refractivity (Wildman–Crippen MR) is 73.6 cm³/mol. The third-order valence-electron chi connectivity index (χ3n) is 2.56. The number of anilines is 1. The summed E-state index contributed by atoms with van der Waals surface area (Å²) in [6.45, 7) is 1.45. The molecule has 2 rings (SSSR count). The Kier molecular flexibility index (Phi) is 3.92. The molecule has 0 atom stereocenters. The molecule has 1 heterocycles. The van der Waals surface area contributed by atoms with E-state index in [0.29, 0.717) is 11.3 Å². The molecular formula is C14H11ClN2O2. The van der Waals surface area contributed by atoms with Crippen LogP contribution in [0.5, 0.6) is 0 Å². The topological polar surface area (TPSA) is 59.1 Å². The molecule has 4 nitrogen and oxygen atoms in total. The van der Waals surface area contributed by atoms with Crippen molar-refractivity contribution in [1.82, 2.24) is 4.98 Å². The Hall–Kier alpha value is -2.20. The number of carbonyl (C=O) groups excluding carboxylic acids is 2. The van der Waals surface area contributed by atoms with Crippen molar-refractivity contribution in [1.29, 1.82) is 0 Å². The average Bonchev–Trinajstić information content (AvgIpc) is 2.39. The van der Waals surface area contributed by atoms with Gasteiger partial charge in [0.2, 0.25) is 0 Å². The molecule has 0 aliphatic heterocycles. The van der Waals surface area contributed by atoms with E-state index in [9.17, 15) is 9.59 Å². The predicted octanol–water partition coefficient (Wildman–Crippen LogP) is 3.19. The second-order valence-electron chi connectivity index (χ2n) is 3.90. The first kappa shape index (κ1) is 13.2. The summed E-state index contributed by atoms with van der Waals surface area (Å²) < 4.78 is 0. The molecule has 0 saturated heterocycles. The standard InChI is InChI=1S/C14H11ClN2O2/c1-9(18)10-5-2-3-7-12(10)17-14(19)11-6-4-8-16-13(11)15/h2-8H,1H3,(H,17,19). The Morgan fingerprint density at radius 1 is 1.11 bits per heavy atom. The van der Waals surface area contributed by atoms with Crippen LogP contribution in [0, 0.1) is 0 Å². The number of hydrogen-bond acceptors (Lipinski definition) is 3. The zero-order chi connectivity index (χ0) is 13.8. The van der Waals surface area contributed by atoms with Gasteiger partial charge >= 0.3 is 0 Å². The molecule has 0 bridgehead atoms. The molecule has 0 saturated carbocycles. The fraction of sp³-hybridized carbons (Fsp3) is 0.0714. The van der Waals surface area contributed by atoms with Crippen LogP contribution in [0.4, 0.5) is 5.69 Å². The van der Waals surface area contributed by atoms with E-state index in [1.165, 1.54) is 13.1 Å². The van der Waals surface area contributed by atoms with Gasteiger partial charge in [-0.15, -0.1) is 0 Å². The van der Waals surface area contributed by atoms with E-state index in [0.717, 1.165) is 0 Å². The quantitative estimate of drug-likeness (QED) is 0.691. The number of hydrogen-bond donors (Lipinski definition) is 1. The molecule has 96 valence electrons. The number of rotatable bonds is 3. The maximum absolute atomic E-state index is 12.1. The molecule has 0 aliphatic carbocycles. The van der Waals surface area contributed by atoms with Gasteiger partial charge in [-0.2, -0.15) is 0 Å². The van der Waals surface area contributed by atoms with E-state index in [4.69, 9.17) is 11.6 Å². The molecule has 2 aromatic rings. The van der Waals surface area contributed by atoms with E-state index < -0.39 is 5.91 Å². The van der Waals surface area contributed by atoms with Crippen LogP contribution in [0.15, 0.2) is 42.6 Å². The van der Waals surface area contributed by atoms with Crippen molar-refractivity contribution in [2.24, 2.45) is 0 Å². The Bertz CT molecular complexity index is 641. The summed E-state index contributed by atoms with van der Waals surface area (Å²) >= 11 is 5.85. The summed E-state index contributed by atoms with van der Waals surface area (Å²) in [7, 11) is 0. The van der Waals surface area contributed by atoms with Crippen LogP contribution in [0.1, 0.15) is 27.6 Å². The van der Waals surface area contributed by atoms with Crippen LogP contribution in [0.2, 0.25) is 5.15 Å². The lowest BCUT2D eigenvalue weighted by atomic mass is 10.1. The molecule has 1 N–H and O–H groups in total. The molecule has 0 fully saturated rings. The largest absolute Gasteiger partial charge is 0.321 e. The Morgan fingerprint density at radius 3 is 2.47 bits per heavy atom. The summed E-state index contributed by atoms with van der Waals surface area (Å²) in [5, 5.41) is 2.79. The van der Waals surface area contributed by atoms with E-state index in [1.807, 2.05) is 0 Å². The lowest BCUT2D eigenvalue weighted by Crippen LogP contribution is -2.15. The lowest BCUT2D eigenvalue weighted by molar-refractivity contribution is 0.101. The van der Waals surface area contributed by atoms with Gasteiger partial charge in [0, 0.05) is 11.8 Å². The fourth-order valence-electron chi connectivity index (χ4n) is 1.64. The van der Waals surface area contributed by atoms with E-state index in [1.54, 1.807) is 36.4 Å². The van der Waals surface area contributed by atoms with Gasteiger partial charge in [-0.05, 0) is 31.2 Å². The highest BCUT2D eigenvalue weighted by atomic mass is 35.5. The second kappa shape index (κ2) is 5.63. The Labute approximate surface area is 115 Å². The number of carbonyl (C=O) groups is 2. The molecule has 0 aliphatic rings. The number of nitrogens with zero attached hydrogens (tertiary/aromatic N) is 1. The van der Waals surface area contributed by atoms with Crippen molar-refractivity contribution in [3.8, 4) is 0 Å². The number of halogens is 1. The minimum Gasteiger partial charge on any atom is -0.321 e. The van der Waals surface area contributed by atoms with Gasteiger partial charge in [0.25, 0.3) is 5.91 Å². The average molecular weight is 275 g/mol. The number of aromatic nitrogens is 1. The zero-order valence-corrected chi connectivity index (χ0v) is 10.9. The molecule has 1 aromatic carbocycles. The van der Waals surface area contributed by atoms with Crippen molar-refractivity contribution in [2.45, 2.75) is 6.92 Å². The maximum atomic E-state index is 12.1. The first-order valence-corrected chi connectivity index (χ1v) is 5.99. The molecule has 0 radical (unpaired) electrons. The molecule has 0 unspecified atom stereocenters. The van der Waals surface area contributed by atoms with Gasteiger partial charge in [0.15, 0.2) is 5.78 Å². The van der Waals surface area contributed by atoms with Crippen LogP contribution < -0.4 is 5.32 Å². The zero-order valence-electron chi connectivity index (χ0n) is 10.2. The SMILES string of the molecule is CC(=O)c1ccccc1NC(=O)c1cccnc1Cl. The summed E-state index contributed by atoms with van der Waals surface area (Å²) in [5.74, 6) is -0.514. The number of amides is 1. The van der Waals surface area contributed by atoms with Gasteiger partial charge in [-0.25, -0.2) is 4.98 Å².